The zero-order chi connectivity index (χ0) is 24.3. The maximum Gasteiger partial charge on any atom is 0.206 e. The van der Waals surface area contributed by atoms with Crippen LogP contribution in [0.3, 0.4) is 0 Å². The van der Waals surface area contributed by atoms with Gasteiger partial charge in [0.25, 0.3) is 0 Å². The molecule has 0 N–H and O–H groups in total. The molecule has 0 aliphatic carbocycles. The van der Waals surface area contributed by atoms with Crippen LogP contribution < -0.4 is 4.90 Å². The first kappa shape index (κ1) is 23.1. The summed E-state index contributed by atoms with van der Waals surface area (Å²) in [6.07, 6.45) is 1.81. The number of benzene rings is 3. The molecule has 0 atom stereocenters. The molecular weight excluding hydrogens is 460 g/mol. The molecule has 1 saturated heterocycles. The Labute approximate surface area is 205 Å². The minimum absolute atomic E-state index is 0.226. The maximum absolute atomic E-state index is 13.4. The lowest BCUT2D eigenvalue weighted by atomic mass is 10.2. The summed E-state index contributed by atoms with van der Waals surface area (Å²) in [5, 5.41) is 0.705. The lowest BCUT2D eigenvalue weighted by Crippen LogP contribution is -2.37. The van der Waals surface area contributed by atoms with E-state index >= 15 is 0 Å². The Morgan fingerprint density at radius 3 is 2.49 bits per heavy atom. The van der Waals surface area contributed by atoms with Crippen LogP contribution in [0.1, 0.15) is 17.0 Å². The molecule has 1 aliphatic heterocycles. The van der Waals surface area contributed by atoms with Gasteiger partial charge >= 0.3 is 0 Å². The highest BCUT2D eigenvalue weighted by Crippen LogP contribution is 2.30. The minimum atomic E-state index is -3.68. The Morgan fingerprint density at radius 1 is 0.943 bits per heavy atom. The summed E-state index contributed by atoms with van der Waals surface area (Å²) in [6, 6.07) is 21.9. The van der Waals surface area contributed by atoms with E-state index in [1.807, 2.05) is 43.3 Å². The van der Waals surface area contributed by atoms with Crippen molar-refractivity contribution in [3.8, 4) is 0 Å². The zero-order valence-electron chi connectivity index (χ0n) is 19.5. The Bertz CT molecular complexity index is 1480. The van der Waals surface area contributed by atoms with E-state index < -0.39 is 9.84 Å². The number of rotatable bonds is 6. The second-order valence-corrected chi connectivity index (χ2v) is 10.4. The second-order valence-electron chi connectivity index (χ2n) is 8.44. The first-order valence-electron chi connectivity index (χ1n) is 11.5. The quantitative estimate of drug-likeness (QED) is 0.379. The molecule has 0 bridgehead atoms. The molecule has 35 heavy (non-hydrogen) atoms. The van der Waals surface area contributed by atoms with Crippen molar-refractivity contribution in [1.29, 1.82) is 0 Å². The lowest BCUT2D eigenvalue weighted by molar-refractivity contribution is 0.122. The van der Waals surface area contributed by atoms with Gasteiger partial charge in [0.1, 0.15) is 5.82 Å². The van der Waals surface area contributed by atoms with Crippen LogP contribution in [-0.2, 0) is 21.1 Å². The van der Waals surface area contributed by atoms with Gasteiger partial charge in [0.05, 0.1) is 35.1 Å². The van der Waals surface area contributed by atoms with Crippen LogP contribution in [0.4, 0.5) is 5.82 Å². The topological polar surface area (TPSA) is 84.8 Å². The number of hydrogen-bond acceptors (Lipinski definition) is 7. The molecule has 178 valence electrons. The molecule has 0 unspecified atom stereocenters. The van der Waals surface area contributed by atoms with Gasteiger partial charge in [-0.3, -0.25) is 4.99 Å². The molecular formula is C27H26N4O3S. The van der Waals surface area contributed by atoms with Crippen molar-refractivity contribution in [2.45, 2.75) is 23.3 Å². The predicted molar refractivity (Wildman–Crippen MR) is 137 cm³/mol. The number of sulfone groups is 1. The zero-order valence-corrected chi connectivity index (χ0v) is 20.3. The van der Waals surface area contributed by atoms with Gasteiger partial charge in [0.15, 0.2) is 5.82 Å². The van der Waals surface area contributed by atoms with E-state index in [2.05, 4.69) is 9.89 Å². The van der Waals surface area contributed by atoms with Gasteiger partial charge in [-0.25, -0.2) is 18.4 Å². The van der Waals surface area contributed by atoms with E-state index in [1.165, 1.54) is 0 Å². The average Bonchev–Trinajstić information content (AvgIpc) is 2.89. The molecule has 8 heteroatoms. The number of morpholine rings is 1. The third-order valence-electron chi connectivity index (χ3n) is 5.89. The van der Waals surface area contributed by atoms with Gasteiger partial charge in [0.2, 0.25) is 9.84 Å². The fourth-order valence-corrected chi connectivity index (χ4v) is 5.47. The van der Waals surface area contributed by atoms with E-state index in [4.69, 9.17) is 14.7 Å². The van der Waals surface area contributed by atoms with Gasteiger partial charge in [-0.2, -0.15) is 0 Å². The van der Waals surface area contributed by atoms with E-state index in [0.29, 0.717) is 55.4 Å². The molecule has 2 heterocycles. The maximum atomic E-state index is 13.4. The molecule has 1 aliphatic rings. The van der Waals surface area contributed by atoms with Crippen molar-refractivity contribution in [3.05, 3.63) is 89.7 Å². The van der Waals surface area contributed by atoms with Crippen molar-refractivity contribution in [2.24, 2.45) is 4.99 Å². The van der Waals surface area contributed by atoms with Crippen LogP contribution in [0.5, 0.6) is 0 Å². The van der Waals surface area contributed by atoms with E-state index in [9.17, 15) is 8.42 Å². The number of hydrogen-bond donors (Lipinski definition) is 0. The van der Waals surface area contributed by atoms with Gasteiger partial charge < -0.3 is 9.64 Å². The lowest BCUT2D eigenvalue weighted by Gasteiger charge is -2.29. The summed E-state index contributed by atoms with van der Waals surface area (Å²) in [7, 11) is -3.68. The highest BCUT2D eigenvalue weighted by Gasteiger charge is 2.22. The summed E-state index contributed by atoms with van der Waals surface area (Å²) in [6.45, 7) is 4.74. The molecule has 0 amide bonds. The Morgan fingerprint density at radius 2 is 1.71 bits per heavy atom. The third kappa shape index (κ3) is 5.08. The van der Waals surface area contributed by atoms with E-state index in [1.54, 1.807) is 42.6 Å². The number of ether oxygens (including phenoxy) is 1. The highest BCUT2D eigenvalue weighted by atomic mass is 32.2. The first-order chi connectivity index (χ1) is 17.0. The fourth-order valence-electron chi connectivity index (χ4n) is 4.08. The van der Waals surface area contributed by atoms with Crippen LogP contribution in [0.15, 0.2) is 87.6 Å². The van der Waals surface area contributed by atoms with Crippen molar-refractivity contribution >= 4 is 32.8 Å². The average molecular weight is 487 g/mol. The molecule has 0 spiro atoms. The van der Waals surface area contributed by atoms with Crippen molar-refractivity contribution in [2.75, 3.05) is 31.2 Å². The molecule has 0 saturated carbocycles. The van der Waals surface area contributed by atoms with Crippen molar-refractivity contribution < 1.29 is 13.2 Å². The standard InChI is InChI=1S/C27H26N4O3S/c1-20-6-5-9-22(16-20)35(32,33)23-10-11-25-24(17-23)27(31-12-14-34-15-13-31)30-26(29-25)19-28-18-21-7-3-2-4-8-21/h2-11,16-18H,12-15,19H2,1H3. The van der Waals surface area contributed by atoms with Gasteiger partial charge in [0, 0.05) is 24.7 Å². The van der Waals surface area contributed by atoms with Gasteiger partial charge in [-0.1, -0.05) is 42.5 Å². The summed E-state index contributed by atoms with van der Waals surface area (Å²) < 4.78 is 32.3. The SMILES string of the molecule is Cc1cccc(S(=O)(=O)c2ccc3nc(CN=Cc4ccccc4)nc(N4CCOCC4)c3c2)c1. The second kappa shape index (κ2) is 9.93. The van der Waals surface area contributed by atoms with Crippen LogP contribution >= 0.6 is 0 Å². The molecule has 5 rings (SSSR count). The number of anilines is 1. The number of aryl methyl sites for hydroxylation is 1. The number of aliphatic imine (C=N–C) groups is 1. The van der Waals surface area contributed by atoms with Crippen LogP contribution in [-0.4, -0.2) is 50.9 Å². The third-order valence-corrected chi connectivity index (χ3v) is 7.64. The number of fused-ring (bicyclic) bond motifs is 1. The summed E-state index contributed by atoms with van der Waals surface area (Å²) in [4.78, 5) is 16.7. The molecule has 3 aromatic carbocycles. The fraction of sp³-hybridized carbons (Fsp3) is 0.222. The van der Waals surface area contributed by atoms with Crippen LogP contribution in [0, 0.1) is 6.92 Å². The highest BCUT2D eigenvalue weighted by molar-refractivity contribution is 7.91. The molecule has 0 radical (unpaired) electrons. The largest absolute Gasteiger partial charge is 0.378 e. The monoisotopic (exact) mass is 486 g/mol. The normalized spacial score (nSPS) is 14.6. The minimum Gasteiger partial charge on any atom is -0.378 e. The molecule has 7 nitrogen and oxygen atoms in total. The summed E-state index contributed by atoms with van der Waals surface area (Å²) in [5.74, 6) is 1.30. The Hall–Kier alpha value is -3.62. The van der Waals surface area contributed by atoms with E-state index in [0.717, 1.165) is 11.1 Å². The smallest absolute Gasteiger partial charge is 0.206 e. The number of aromatic nitrogens is 2. The van der Waals surface area contributed by atoms with Crippen LogP contribution in [0.25, 0.3) is 10.9 Å². The Kier molecular flexibility index (Phi) is 6.57. The first-order valence-corrected chi connectivity index (χ1v) is 13.0. The molecule has 1 fully saturated rings. The van der Waals surface area contributed by atoms with Crippen molar-refractivity contribution in [1.82, 2.24) is 9.97 Å². The van der Waals surface area contributed by atoms with Gasteiger partial charge in [-0.15, -0.1) is 0 Å². The molecule has 4 aromatic rings. The summed E-state index contributed by atoms with van der Waals surface area (Å²) in [5.41, 5.74) is 2.59. The number of nitrogens with zero attached hydrogens (tertiary/aromatic N) is 4. The van der Waals surface area contributed by atoms with Crippen LogP contribution in [0.2, 0.25) is 0 Å². The van der Waals surface area contributed by atoms with E-state index in [-0.39, 0.29) is 9.79 Å². The molecule has 1 aromatic heterocycles. The predicted octanol–water partition coefficient (Wildman–Crippen LogP) is 4.23. The summed E-state index contributed by atoms with van der Waals surface area (Å²) >= 11 is 0. The van der Waals surface area contributed by atoms with Crippen molar-refractivity contribution in [3.63, 3.8) is 0 Å². The Balaban J connectivity index is 1.55. The van der Waals surface area contributed by atoms with Gasteiger partial charge in [-0.05, 0) is 48.4 Å².